The molecule has 1 N–H and O–H groups in total. The molecule has 20 heavy (non-hydrogen) atoms. The van der Waals surface area contributed by atoms with E-state index in [2.05, 4.69) is 10.1 Å². The standard InChI is InChI=1S/C13H16F3NO3/c1-19-11-5-3-2-4-10(11)8-17-12(18)6-7-20-9-13(14,15)16/h2-5H,6-9H2,1H3,(H,17,18). The summed E-state index contributed by atoms with van der Waals surface area (Å²) in [5.74, 6) is 0.263. The molecule has 1 rings (SSSR count). The van der Waals surface area contributed by atoms with Crippen molar-refractivity contribution < 1.29 is 27.4 Å². The van der Waals surface area contributed by atoms with Gasteiger partial charge in [-0.3, -0.25) is 4.79 Å². The van der Waals surface area contributed by atoms with E-state index in [4.69, 9.17) is 4.74 Å². The van der Waals surface area contributed by atoms with Crippen LogP contribution in [0.1, 0.15) is 12.0 Å². The first kappa shape index (κ1) is 16.3. The average molecular weight is 291 g/mol. The highest BCUT2D eigenvalue weighted by Crippen LogP contribution is 2.17. The average Bonchev–Trinajstić information content (AvgIpc) is 2.40. The van der Waals surface area contributed by atoms with Gasteiger partial charge in [-0.2, -0.15) is 13.2 Å². The summed E-state index contributed by atoms with van der Waals surface area (Å²) >= 11 is 0. The molecule has 0 radical (unpaired) electrons. The molecule has 0 aromatic heterocycles. The van der Waals surface area contributed by atoms with Gasteiger partial charge in [0.15, 0.2) is 0 Å². The largest absolute Gasteiger partial charge is 0.496 e. The summed E-state index contributed by atoms with van der Waals surface area (Å²) in [7, 11) is 1.52. The number of para-hydroxylation sites is 1. The maximum absolute atomic E-state index is 11.8. The molecule has 0 saturated heterocycles. The number of carbonyl (C=O) groups is 1. The lowest BCUT2D eigenvalue weighted by atomic mass is 10.2. The van der Waals surface area contributed by atoms with Gasteiger partial charge >= 0.3 is 6.18 Å². The van der Waals surface area contributed by atoms with Gasteiger partial charge in [0.2, 0.25) is 5.91 Å². The molecule has 0 aliphatic heterocycles. The molecule has 0 saturated carbocycles. The van der Waals surface area contributed by atoms with Crippen molar-refractivity contribution in [2.24, 2.45) is 0 Å². The molecule has 0 heterocycles. The van der Waals surface area contributed by atoms with Gasteiger partial charge in [-0.15, -0.1) is 0 Å². The molecule has 0 aliphatic rings. The van der Waals surface area contributed by atoms with E-state index in [1.165, 1.54) is 7.11 Å². The molecule has 0 aliphatic carbocycles. The lowest BCUT2D eigenvalue weighted by molar-refractivity contribution is -0.174. The Morgan fingerprint density at radius 1 is 1.30 bits per heavy atom. The highest BCUT2D eigenvalue weighted by molar-refractivity contribution is 5.76. The van der Waals surface area contributed by atoms with E-state index in [1.807, 2.05) is 0 Å². The first-order valence-electron chi connectivity index (χ1n) is 5.95. The predicted molar refractivity (Wildman–Crippen MR) is 66.3 cm³/mol. The van der Waals surface area contributed by atoms with E-state index in [9.17, 15) is 18.0 Å². The SMILES string of the molecule is COc1ccccc1CNC(=O)CCOCC(F)(F)F. The number of amides is 1. The van der Waals surface area contributed by atoms with Crippen molar-refractivity contribution in [3.8, 4) is 5.75 Å². The van der Waals surface area contributed by atoms with Crippen LogP contribution in [0.2, 0.25) is 0 Å². The maximum Gasteiger partial charge on any atom is 0.411 e. The number of ether oxygens (including phenoxy) is 2. The number of alkyl halides is 3. The Balaban J connectivity index is 2.26. The smallest absolute Gasteiger partial charge is 0.411 e. The van der Waals surface area contributed by atoms with Gasteiger partial charge < -0.3 is 14.8 Å². The van der Waals surface area contributed by atoms with Gasteiger partial charge in [0.1, 0.15) is 12.4 Å². The van der Waals surface area contributed by atoms with Gasteiger partial charge in [0.25, 0.3) is 0 Å². The number of carbonyl (C=O) groups excluding carboxylic acids is 1. The van der Waals surface area contributed by atoms with Crippen LogP contribution < -0.4 is 10.1 Å². The van der Waals surface area contributed by atoms with Crippen LogP contribution in [-0.4, -0.2) is 32.4 Å². The third-order valence-electron chi connectivity index (χ3n) is 2.41. The summed E-state index contributed by atoms with van der Waals surface area (Å²) in [5.41, 5.74) is 0.791. The molecular formula is C13H16F3NO3. The Hall–Kier alpha value is -1.76. The zero-order valence-corrected chi connectivity index (χ0v) is 11.0. The number of hydrogen-bond donors (Lipinski definition) is 1. The number of halogens is 3. The minimum Gasteiger partial charge on any atom is -0.496 e. The fourth-order valence-electron chi connectivity index (χ4n) is 1.48. The van der Waals surface area contributed by atoms with Crippen LogP contribution in [0.25, 0.3) is 0 Å². The Morgan fingerprint density at radius 3 is 2.65 bits per heavy atom. The monoisotopic (exact) mass is 291 g/mol. The minimum absolute atomic E-state index is 0.120. The fraction of sp³-hybridized carbons (Fsp3) is 0.462. The molecule has 4 nitrogen and oxygen atoms in total. The second-order valence-electron chi connectivity index (χ2n) is 4.01. The first-order chi connectivity index (χ1) is 9.42. The molecule has 7 heteroatoms. The number of nitrogens with one attached hydrogen (secondary N) is 1. The van der Waals surface area contributed by atoms with Crippen LogP contribution in [0.5, 0.6) is 5.75 Å². The topological polar surface area (TPSA) is 47.6 Å². The van der Waals surface area contributed by atoms with E-state index in [-0.39, 0.29) is 25.5 Å². The molecule has 0 fully saturated rings. The van der Waals surface area contributed by atoms with Crippen molar-refractivity contribution in [3.63, 3.8) is 0 Å². The van der Waals surface area contributed by atoms with E-state index in [0.29, 0.717) is 5.75 Å². The molecule has 1 amide bonds. The van der Waals surface area contributed by atoms with Gasteiger partial charge in [0, 0.05) is 18.5 Å². The third-order valence-corrected chi connectivity index (χ3v) is 2.41. The number of methoxy groups -OCH3 is 1. The Kier molecular flexibility index (Phi) is 6.30. The molecule has 0 unspecified atom stereocenters. The molecule has 112 valence electrons. The molecule has 1 aromatic carbocycles. The molecule has 0 bridgehead atoms. The Bertz CT molecular complexity index is 435. The summed E-state index contributed by atoms with van der Waals surface area (Å²) < 4.78 is 44.8. The van der Waals surface area contributed by atoms with E-state index in [1.54, 1.807) is 24.3 Å². The lowest BCUT2D eigenvalue weighted by Crippen LogP contribution is -2.25. The summed E-state index contributed by atoms with van der Waals surface area (Å²) in [6.07, 6.45) is -4.49. The zero-order valence-electron chi connectivity index (χ0n) is 11.0. The quantitative estimate of drug-likeness (QED) is 0.784. The maximum atomic E-state index is 11.8. The summed E-state index contributed by atoms with van der Waals surface area (Å²) in [6.45, 7) is -1.35. The van der Waals surface area contributed by atoms with Gasteiger partial charge in [-0.25, -0.2) is 0 Å². The van der Waals surface area contributed by atoms with Crippen LogP contribution in [0.4, 0.5) is 13.2 Å². The number of benzene rings is 1. The zero-order chi connectivity index (χ0) is 15.0. The van der Waals surface area contributed by atoms with Crippen molar-refractivity contribution in [2.75, 3.05) is 20.3 Å². The van der Waals surface area contributed by atoms with E-state index in [0.717, 1.165) is 5.56 Å². The van der Waals surface area contributed by atoms with Crippen molar-refractivity contribution in [1.82, 2.24) is 5.32 Å². The van der Waals surface area contributed by atoms with Gasteiger partial charge in [-0.1, -0.05) is 18.2 Å². The predicted octanol–water partition coefficient (Wildman–Crippen LogP) is 2.28. The van der Waals surface area contributed by atoms with Crippen LogP contribution in [0.15, 0.2) is 24.3 Å². The highest BCUT2D eigenvalue weighted by Gasteiger charge is 2.27. The van der Waals surface area contributed by atoms with Crippen molar-refractivity contribution in [1.29, 1.82) is 0 Å². The normalized spacial score (nSPS) is 11.2. The van der Waals surface area contributed by atoms with E-state index >= 15 is 0 Å². The summed E-state index contributed by atoms with van der Waals surface area (Å²) in [6, 6.07) is 7.15. The second-order valence-corrected chi connectivity index (χ2v) is 4.01. The van der Waals surface area contributed by atoms with Crippen molar-refractivity contribution in [3.05, 3.63) is 29.8 Å². The summed E-state index contributed by atoms with van der Waals surface area (Å²) in [5, 5.41) is 2.59. The van der Waals surface area contributed by atoms with Gasteiger partial charge in [-0.05, 0) is 6.07 Å². The van der Waals surface area contributed by atoms with Crippen LogP contribution in [0, 0.1) is 0 Å². The molecule has 1 aromatic rings. The highest BCUT2D eigenvalue weighted by atomic mass is 19.4. The summed E-state index contributed by atoms with van der Waals surface area (Å²) in [4.78, 5) is 11.4. The number of rotatable bonds is 7. The minimum atomic E-state index is -4.37. The molecular weight excluding hydrogens is 275 g/mol. The van der Waals surface area contributed by atoms with Crippen molar-refractivity contribution >= 4 is 5.91 Å². The number of hydrogen-bond acceptors (Lipinski definition) is 3. The lowest BCUT2D eigenvalue weighted by Gasteiger charge is -2.10. The van der Waals surface area contributed by atoms with Crippen LogP contribution in [0.3, 0.4) is 0 Å². The van der Waals surface area contributed by atoms with Crippen molar-refractivity contribution in [2.45, 2.75) is 19.1 Å². The first-order valence-corrected chi connectivity index (χ1v) is 5.95. The van der Waals surface area contributed by atoms with Gasteiger partial charge in [0.05, 0.1) is 13.7 Å². The molecule has 0 atom stereocenters. The Labute approximate surface area is 114 Å². The molecule has 0 spiro atoms. The Morgan fingerprint density at radius 2 is 2.00 bits per heavy atom. The van der Waals surface area contributed by atoms with Crippen LogP contribution in [-0.2, 0) is 16.1 Å². The third kappa shape index (κ3) is 6.42. The van der Waals surface area contributed by atoms with Crippen LogP contribution >= 0.6 is 0 Å². The second kappa shape index (κ2) is 7.74. The fourth-order valence-corrected chi connectivity index (χ4v) is 1.48. The van der Waals surface area contributed by atoms with E-state index < -0.39 is 12.8 Å².